The first-order chi connectivity index (χ1) is 58.7. The topological polar surface area (TPSA) is 252 Å². The van der Waals surface area contributed by atoms with E-state index in [1.165, 1.54) is 69.1 Å². The first-order valence-corrected chi connectivity index (χ1v) is 41.4. The van der Waals surface area contributed by atoms with E-state index in [0.717, 1.165) is 89.4 Å². The van der Waals surface area contributed by atoms with Crippen molar-refractivity contribution in [3.05, 3.63) is 301 Å². The van der Waals surface area contributed by atoms with Crippen molar-refractivity contribution < 1.29 is 58.3 Å². The van der Waals surface area contributed by atoms with Gasteiger partial charge in [0.15, 0.2) is 0 Å². The third-order valence-electron chi connectivity index (χ3n) is 23.1. The number of aliphatic carboxylic acids is 2. The number of aryl methyl sites for hydroxylation is 6. The molecule has 16 rings (SSSR count). The van der Waals surface area contributed by atoms with E-state index >= 15 is 0 Å². The molecule has 0 saturated heterocycles. The van der Waals surface area contributed by atoms with E-state index in [-0.39, 0.29) is 53.0 Å². The fourth-order valence-corrected chi connectivity index (χ4v) is 15.8. The number of para-hydroxylation sites is 8. The van der Waals surface area contributed by atoms with Crippen LogP contribution in [0, 0.1) is 0 Å². The summed E-state index contributed by atoms with van der Waals surface area (Å²) in [5.74, 6) is -1.99. The molecule has 0 aliphatic carbocycles. The standard InChI is InChI=1S/C15H19NO.2C14H17NO2.C14H17NO.C13H17NO.C13H15NO.C11H11NO2.C10H9NO2/c1-15(2,9-10-17-4)13-11-16(3)14-8-6-5-7-12(13)14;1-14(2,13(16)17-4)11-9-15(3)12-8-6-5-7-10(11)12;1-14(2,8-13(16)17)11-9-15(3)12-7-5-4-6-10(11)12;1-14(2,8-9-16)12-10-15(3)13-7-5-4-6-11(12)13;2*1-13(2,9-15)11-8-14(3)12-7-5-4-6-10(11)12;1-14-11(13)6-8-7-12-10-5-3-2-4-9(8)10;12-10(13)5-7-6-11-9-4-2-1-3-8(7)9/h5-11H,1-4H3;5-9H,1-4H3;4-7,9H,8H2,1-3H3,(H,16,17);4-7,9-10H,8H2,1-3H3;4-8,15H,9H2,1-3H3;4-9H,1-3H3;2-5,7,12H,6H2,1H3;1-4,6,11H,5H2,(H,12,13)/b10-9+;;;;;;;. The van der Waals surface area contributed by atoms with E-state index in [2.05, 4.69) is 173 Å². The predicted molar refractivity (Wildman–Crippen MR) is 504 cm³/mol. The number of hydrogen-bond acceptors (Lipinski definition) is 10. The van der Waals surface area contributed by atoms with Crippen LogP contribution in [0.1, 0.15) is 140 Å². The highest BCUT2D eigenvalue weighted by Crippen LogP contribution is 2.39. The maximum atomic E-state index is 11.9. The van der Waals surface area contributed by atoms with E-state index in [4.69, 9.17) is 19.7 Å². The number of carboxylic acid groups (broad SMARTS) is 2. The molecule has 0 fully saturated rings. The molecule has 5 N–H and O–H groups in total. The number of carbonyl (C=O) groups is 6. The van der Waals surface area contributed by atoms with Crippen LogP contribution in [-0.2, 0) is 131 Å². The maximum absolute atomic E-state index is 11.9. The zero-order chi connectivity index (χ0) is 90.8. The minimum atomic E-state index is -0.801. The smallest absolute Gasteiger partial charge is 0.315 e. The molecule has 0 saturated carbocycles. The lowest BCUT2D eigenvalue weighted by atomic mass is 9.81. The summed E-state index contributed by atoms with van der Waals surface area (Å²) < 4.78 is 27.1. The van der Waals surface area contributed by atoms with Crippen LogP contribution in [-0.4, -0.2) is 117 Å². The second kappa shape index (κ2) is 40.7. The van der Waals surface area contributed by atoms with Crippen molar-refractivity contribution in [2.45, 2.75) is 141 Å². The van der Waals surface area contributed by atoms with Gasteiger partial charge in [0, 0.05) is 207 Å². The Balaban J connectivity index is 0.000000161. The molecule has 16 aromatic rings. The van der Waals surface area contributed by atoms with Crippen molar-refractivity contribution in [3.8, 4) is 0 Å². The van der Waals surface area contributed by atoms with E-state index in [0.29, 0.717) is 12.8 Å². The molecule has 0 bridgehead atoms. The normalized spacial score (nSPS) is 11.7. The molecule has 0 aliphatic heterocycles. The summed E-state index contributed by atoms with van der Waals surface area (Å²) in [5, 5.41) is 36.3. The van der Waals surface area contributed by atoms with Crippen LogP contribution in [0.5, 0.6) is 0 Å². The molecular formula is C104H122N8O12. The molecule has 0 aliphatic rings. The van der Waals surface area contributed by atoms with E-state index in [1.807, 2.05) is 238 Å². The average Bonchev–Trinajstić information content (AvgIpc) is 1.62. The third kappa shape index (κ3) is 22.2. The molecule has 8 aromatic heterocycles. The van der Waals surface area contributed by atoms with Crippen molar-refractivity contribution in [2.24, 2.45) is 42.3 Å². The minimum absolute atomic E-state index is 0.0309. The number of aliphatic hydroxyl groups excluding tert-OH is 1. The number of nitrogens with zero attached hydrogens (tertiary/aromatic N) is 6. The fourth-order valence-electron chi connectivity index (χ4n) is 15.8. The van der Waals surface area contributed by atoms with Gasteiger partial charge in [-0.25, -0.2) is 0 Å². The molecular weight excluding hydrogens is 1550 g/mol. The van der Waals surface area contributed by atoms with Crippen LogP contribution in [0.15, 0.2) is 256 Å². The number of methoxy groups -OCH3 is 3. The fraction of sp³-hybridized carbons (Fsp3) is 0.308. The van der Waals surface area contributed by atoms with Crippen LogP contribution in [0.4, 0.5) is 0 Å². The van der Waals surface area contributed by atoms with Gasteiger partial charge in [0.25, 0.3) is 0 Å². The van der Waals surface area contributed by atoms with Gasteiger partial charge in [-0.1, -0.05) is 201 Å². The van der Waals surface area contributed by atoms with Crippen molar-refractivity contribution in [2.75, 3.05) is 27.9 Å². The van der Waals surface area contributed by atoms with Gasteiger partial charge >= 0.3 is 23.9 Å². The van der Waals surface area contributed by atoms with Gasteiger partial charge in [-0.3, -0.25) is 19.2 Å². The molecule has 0 radical (unpaired) electrons. The third-order valence-corrected chi connectivity index (χ3v) is 23.1. The Labute approximate surface area is 727 Å². The van der Waals surface area contributed by atoms with Gasteiger partial charge in [0.05, 0.1) is 58.9 Å². The number of nitrogens with one attached hydrogen (secondary N) is 2. The Morgan fingerprint density at radius 1 is 0.371 bits per heavy atom. The average molecular weight is 1680 g/mol. The highest BCUT2D eigenvalue weighted by Gasteiger charge is 2.34. The number of aromatic nitrogens is 8. The number of allylic oxidation sites excluding steroid dienone is 1. The Hall–Kier alpha value is -13.2. The summed E-state index contributed by atoms with van der Waals surface area (Å²) in [7, 11) is 16.7. The largest absolute Gasteiger partial charge is 0.505 e. The summed E-state index contributed by atoms with van der Waals surface area (Å²) in [6.07, 6.45) is 23.1. The van der Waals surface area contributed by atoms with E-state index in [1.54, 1.807) is 19.6 Å². The molecule has 0 unspecified atom stereocenters. The second-order valence-corrected chi connectivity index (χ2v) is 35.0. The van der Waals surface area contributed by atoms with Crippen molar-refractivity contribution in [3.63, 3.8) is 0 Å². The van der Waals surface area contributed by atoms with Gasteiger partial charge < -0.3 is 76.5 Å². The quantitative estimate of drug-likeness (QED) is 0.0288. The number of aliphatic hydroxyl groups is 1. The van der Waals surface area contributed by atoms with Gasteiger partial charge in [-0.2, -0.15) is 0 Å². The Morgan fingerprint density at radius 3 is 1.01 bits per heavy atom. The number of ether oxygens (including phenoxy) is 3. The Morgan fingerprint density at radius 2 is 0.677 bits per heavy atom. The summed E-state index contributed by atoms with van der Waals surface area (Å²) in [6, 6.07) is 65.0. The van der Waals surface area contributed by atoms with Gasteiger partial charge in [0.2, 0.25) is 0 Å². The van der Waals surface area contributed by atoms with Gasteiger partial charge in [-0.15, -0.1) is 0 Å². The summed E-state index contributed by atoms with van der Waals surface area (Å²) in [6.45, 7) is 24.5. The summed E-state index contributed by atoms with van der Waals surface area (Å²) in [5.41, 5.74) is 16.2. The lowest BCUT2D eigenvalue weighted by Gasteiger charge is -2.21. The molecule has 20 nitrogen and oxygen atoms in total. The molecule has 0 atom stereocenters. The number of aldehydes is 2. The van der Waals surface area contributed by atoms with Crippen LogP contribution < -0.4 is 0 Å². The maximum Gasteiger partial charge on any atom is 0.315 e. The van der Waals surface area contributed by atoms with Crippen molar-refractivity contribution >= 4 is 124 Å². The van der Waals surface area contributed by atoms with Crippen LogP contribution >= 0.6 is 0 Å². The molecule has 8 aromatic carbocycles. The summed E-state index contributed by atoms with van der Waals surface area (Å²) >= 11 is 0. The highest BCUT2D eigenvalue weighted by atomic mass is 16.5. The zero-order valence-corrected chi connectivity index (χ0v) is 75.6. The Bertz CT molecular complexity index is 6410. The van der Waals surface area contributed by atoms with Crippen LogP contribution in [0.2, 0.25) is 0 Å². The number of benzene rings is 8. The molecule has 0 amide bonds. The minimum Gasteiger partial charge on any atom is -0.505 e. The molecule has 8 heterocycles. The van der Waals surface area contributed by atoms with Crippen molar-refractivity contribution in [1.29, 1.82) is 0 Å². The van der Waals surface area contributed by atoms with E-state index in [9.17, 15) is 33.9 Å². The Kier molecular flexibility index (Phi) is 31.0. The lowest BCUT2D eigenvalue weighted by molar-refractivity contribution is -0.146. The van der Waals surface area contributed by atoms with Gasteiger partial charge in [-0.05, 0) is 132 Å². The molecule has 0 spiro atoms. The monoisotopic (exact) mass is 1670 g/mol. The van der Waals surface area contributed by atoms with Gasteiger partial charge in [0.1, 0.15) is 12.6 Å². The lowest BCUT2D eigenvalue weighted by Crippen LogP contribution is -2.29. The number of hydrogen-bond donors (Lipinski definition) is 5. The first-order valence-electron chi connectivity index (χ1n) is 41.4. The summed E-state index contributed by atoms with van der Waals surface area (Å²) in [4.78, 5) is 72.3. The second-order valence-electron chi connectivity index (χ2n) is 35.0. The molecule has 650 valence electrons. The number of carbonyl (C=O) groups excluding carboxylic acids is 4. The highest BCUT2D eigenvalue weighted by molar-refractivity contribution is 5.95. The first kappa shape index (κ1) is 94.6. The van der Waals surface area contributed by atoms with Crippen LogP contribution in [0.3, 0.4) is 0 Å². The SMILES string of the molecule is CO/C=C/C(C)(C)c1cn(C)c2ccccc12.COC(=O)C(C)(C)c1cn(C)c2ccccc12.COC(=O)Cc1c[nH]c2ccccc12.Cn1cc(C(C)(C)C=O)c2ccccc21.Cn1cc(C(C)(C)CC(=O)O)c2ccccc21.Cn1cc(C(C)(C)CC=O)c2ccccc21.Cn1cc(C(C)(C)CO)c2ccccc21.O=C(O)Cc1c[nH]c2ccccc12. The number of aromatic amines is 2. The van der Waals surface area contributed by atoms with E-state index < -0.39 is 22.8 Å². The van der Waals surface area contributed by atoms with Crippen molar-refractivity contribution in [1.82, 2.24) is 37.4 Å². The molecule has 20 heteroatoms. The van der Waals surface area contributed by atoms with Crippen LogP contribution in [0.25, 0.3) is 87.2 Å². The number of H-pyrrole nitrogens is 2. The number of esters is 2. The zero-order valence-electron chi connectivity index (χ0n) is 75.6. The number of fused-ring (bicyclic) bond motifs is 8. The molecule has 124 heavy (non-hydrogen) atoms. The number of carboxylic acids is 2. The predicted octanol–water partition coefficient (Wildman–Crippen LogP) is 21.0. The number of rotatable bonds is 19.